The van der Waals surface area contributed by atoms with Crippen LogP contribution in [-0.2, 0) is 0 Å². The lowest BCUT2D eigenvalue weighted by Gasteiger charge is -2.37. The Morgan fingerprint density at radius 3 is 2.37 bits per heavy atom. The molecule has 1 fully saturated rings. The Hall–Kier alpha value is -0.280. The quantitative estimate of drug-likeness (QED) is 0.884. The van der Waals surface area contributed by atoms with Crippen molar-refractivity contribution >= 4 is 23.2 Å². The number of hydrogen-bond donors (Lipinski definition) is 1. The van der Waals surface area contributed by atoms with E-state index in [1.54, 1.807) is 6.07 Å². The molecule has 19 heavy (non-hydrogen) atoms. The third-order valence-corrected chi connectivity index (χ3v) is 4.29. The Bertz CT molecular complexity index is 414. The second-order valence-corrected chi connectivity index (χ2v) is 6.51. The number of nitrogens with zero attached hydrogens (tertiary/aromatic N) is 1. The number of rotatable bonds is 2. The van der Waals surface area contributed by atoms with Gasteiger partial charge in [0.15, 0.2) is 0 Å². The zero-order chi connectivity index (χ0) is 14.0. The molecule has 0 aliphatic carbocycles. The van der Waals surface area contributed by atoms with E-state index in [0.29, 0.717) is 16.1 Å². The van der Waals surface area contributed by atoms with Gasteiger partial charge in [-0.25, -0.2) is 0 Å². The van der Waals surface area contributed by atoms with Crippen molar-refractivity contribution in [3.8, 4) is 0 Å². The Morgan fingerprint density at radius 1 is 1.16 bits per heavy atom. The minimum Gasteiger partial charge on any atom is -0.326 e. The highest BCUT2D eigenvalue weighted by molar-refractivity contribution is 6.34. The standard InChI is InChI=1S/C15H22Cl2N2/c1-10(2)19-6-4-3-5-14(18)15(19)11-7-12(16)9-13(17)8-11/h7-10,14-15H,3-6,18H2,1-2H3. The van der Waals surface area contributed by atoms with Gasteiger partial charge in [-0.15, -0.1) is 0 Å². The number of benzene rings is 1. The fourth-order valence-corrected chi connectivity index (χ4v) is 3.52. The highest BCUT2D eigenvalue weighted by atomic mass is 35.5. The maximum atomic E-state index is 6.41. The van der Waals surface area contributed by atoms with Crippen molar-refractivity contribution in [1.82, 2.24) is 4.90 Å². The van der Waals surface area contributed by atoms with Crippen LogP contribution in [0.2, 0.25) is 10.0 Å². The number of halogens is 2. The van der Waals surface area contributed by atoms with Crippen LogP contribution in [0.5, 0.6) is 0 Å². The number of likely N-dealkylation sites (tertiary alicyclic amines) is 1. The first kappa shape index (κ1) is 15.1. The van der Waals surface area contributed by atoms with E-state index >= 15 is 0 Å². The van der Waals surface area contributed by atoms with E-state index in [2.05, 4.69) is 18.7 Å². The van der Waals surface area contributed by atoms with Crippen molar-refractivity contribution in [3.63, 3.8) is 0 Å². The van der Waals surface area contributed by atoms with Gasteiger partial charge in [0.2, 0.25) is 0 Å². The maximum Gasteiger partial charge on any atom is 0.0502 e. The molecule has 2 rings (SSSR count). The summed E-state index contributed by atoms with van der Waals surface area (Å²) in [6.07, 6.45) is 3.45. The highest BCUT2D eigenvalue weighted by Gasteiger charge is 2.30. The molecule has 1 aromatic rings. The average molecular weight is 301 g/mol. The molecule has 4 heteroatoms. The molecule has 1 aromatic carbocycles. The molecular formula is C15H22Cl2N2. The molecule has 1 aliphatic rings. The summed E-state index contributed by atoms with van der Waals surface area (Å²) >= 11 is 12.3. The molecule has 2 N–H and O–H groups in total. The van der Waals surface area contributed by atoms with Crippen LogP contribution in [0.4, 0.5) is 0 Å². The second-order valence-electron chi connectivity index (χ2n) is 5.64. The van der Waals surface area contributed by atoms with Crippen molar-refractivity contribution in [1.29, 1.82) is 0 Å². The van der Waals surface area contributed by atoms with E-state index in [1.807, 2.05) is 12.1 Å². The molecule has 0 aromatic heterocycles. The molecule has 0 bridgehead atoms. The third-order valence-electron chi connectivity index (χ3n) is 3.86. The highest BCUT2D eigenvalue weighted by Crippen LogP contribution is 2.33. The summed E-state index contributed by atoms with van der Waals surface area (Å²) < 4.78 is 0. The average Bonchev–Trinajstić information content (AvgIpc) is 2.49. The van der Waals surface area contributed by atoms with Crippen LogP contribution < -0.4 is 5.73 Å². The molecule has 1 aliphatic heterocycles. The summed E-state index contributed by atoms with van der Waals surface area (Å²) in [5, 5.41) is 1.37. The van der Waals surface area contributed by atoms with E-state index in [1.165, 1.54) is 12.8 Å². The second kappa shape index (κ2) is 6.45. The van der Waals surface area contributed by atoms with Crippen molar-refractivity contribution < 1.29 is 0 Å². The summed E-state index contributed by atoms with van der Waals surface area (Å²) in [7, 11) is 0. The lowest BCUT2D eigenvalue weighted by atomic mass is 9.95. The third kappa shape index (κ3) is 3.63. The lowest BCUT2D eigenvalue weighted by molar-refractivity contribution is 0.144. The smallest absolute Gasteiger partial charge is 0.0502 e. The van der Waals surface area contributed by atoms with Gasteiger partial charge in [-0.05, 0) is 57.0 Å². The molecule has 2 atom stereocenters. The summed E-state index contributed by atoms with van der Waals surface area (Å²) in [6, 6.07) is 6.58. The summed E-state index contributed by atoms with van der Waals surface area (Å²) in [4.78, 5) is 2.47. The van der Waals surface area contributed by atoms with Gasteiger partial charge < -0.3 is 5.73 Å². The molecule has 0 spiro atoms. The normalized spacial score (nSPS) is 25.6. The fraction of sp³-hybridized carbons (Fsp3) is 0.600. The van der Waals surface area contributed by atoms with Crippen LogP contribution in [0.25, 0.3) is 0 Å². The van der Waals surface area contributed by atoms with Crippen LogP contribution in [0.15, 0.2) is 18.2 Å². The van der Waals surface area contributed by atoms with E-state index < -0.39 is 0 Å². The Kier molecular flexibility index (Phi) is 5.13. The van der Waals surface area contributed by atoms with Crippen LogP contribution in [-0.4, -0.2) is 23.5 Å². The zero-order valence-corrected chi connectivity index (χ0v) is 13.1. The topological polar surface area (TPSA) is 29.3 Å². The van der Waals surface area contributed by atoms with Gasteiger partial charge >= 0.3 is 0 Å². The van der Waals surface area contributed by atoms with E-state index in [0.717, 1.165) is 18.5 Å². The summed E-state index contributed by atoms with van der Waals surface area (Å²) in [6.45, 7) is 5.52. The first-order chi connectivity index (χ1) is 8.99. The van der Waals surface area contributed by atoms with Crippen molar-refractivity contribution in [2.45, 2.75) is 51.2 Å². The Labute approximate surface area is 125 Å². The largest absolute Gasteiger partial charge is 0.326 e. The van der Waals surface area contributed by atoms with E-state index in [4.69, 9.17) is 28.9 Å². The van der Waals surface area contributed by atoms with E-state index in [9.17, 15) is 0 Å². The van der Waals surface area contributed by atoms with Crippen molar-refractivity contribution in [3.05, 3.63) is 33.8 Å². The Balaban J connectivity index is 2.39. The van der Waals surface area contributed by atoms with Crippen LogP contribution >= 0.6 is 23.2 Å². The zero-order valence-electron chi connectivity index (χ0n) is 11.6. The molecule has 0 saturated carbocycles. The maximum absolute atomic E-state index is 6.41. The van der Waals surface area contributed by atoms with Crippen molar-refractivity contribution in [2.24, 2.45) is 5.73 Å². The van der Waals surface area contributed by atoms with Gasteiger partial charge in [0, 0.05) is 22.1 Å². The molecule has 106 valence electrons. The van der Waals surface area contributed by atoms with Gasteiger partial charge in [-0.3, -0.25) is 4.90 Å². The SMILES string of the molecule is CC(C)N1CCCCC(N)C1c1cc(Cl)cc(Cl)c1. The molecule has 1 heterocycles. The first-order valence-electron chi connectivity index (χ1n) is 6.96. The molecular weight excluding hydrogens is 279 g/mol. The molecule has 2 unspecified atom stereocenters. The van der Waals surface area contributed by atoms with Gasteiger partial charge in [0.1, 0.15) is 0 Å². The number of nitrogens with two attached hydrogens (primary N) is 1. The molecule has 2 nitrogen and oxygen atoms in total. The predicted octanol–water partition coefficient (Wildman–Crippen LogP) is 4.26. The van der Waals surface area contributed by atoms with Crippen LogP contribution in [0.3, 0.4) is 0 Å². The fourth-order valence-electron chi connectivity index (χ4n) is 2.98. The lowest BCUT2D eigenvalue weighted by Crippen LogP contribution is -2.43. The monoisotopic (exact) mass is 300 g/mol. The van der Waals surface area contributed by atoms with Gasteiger partial charge in [0.05, 0.1) is 6.04 Å². The van der Waals surface area contributed by atoms with Gasteiger partial charge in [0.25, 0.3) is 0 Å². The predicted molar refractivity (Wildman–Crippen MR) is 82.9 cm³/mol. The minimum absolute atomic E-state index is 0.138. The Morgan fingerprint density at radius 2 is 1.79 bits per heavy atom. The van der Waals surface area contributed by atoms with E-state index in [-0.39, 0.29) is 12.1 Å². The minimum atomic E-state index is 0.138. The molecule has 0 radical (unpaired) electrons. The van der Waals surface area contributed by atoms with Gasteiger partial charge in [-0.2, -0.15) is 0 Å². The van der Waals surface area contributed by atoms with Crippen LogP contribution in [0, 0.1) is 0 Å². The summed E-state index contributed by atoms with van der Waals surface area (Å²) in [5.41, 5.74) is 7.55. The number of hydrogen-bond acceptors (Lipinski definition) is 2. The van der Waals surface area contributed by atoms with Crippen LogP contribution in [0.1, 0.15) is 44.7 Å². The molecule has 0 amide bonds. The van der Waals surface area contributed by atoms with Gasteiger partial charge in [-0.1, -0.05) is 29.6 Å². The summed E-state index contributed by atoms with van der Waals surface area (Å²) in [5.74, 6) is 0. The van der Waals surface area contributed by atoms with Crippen molar-refractivity contribution in [2.75, 3.05) is 6.54 Å². The molecule has 1 saturated heterocycles. The first-order valence-corrected chi connectivity index (χ1v) is 7.72.